The maximum absolute atomic E-state index is 13.7. The van der Waals surface area contributed by atoms with E-state index < -0.39 is 17.9 Å². The Kier molecular flexibility index (Phi) is 36.0. The third kappa shape index (κ3) is 31.1. The number of unbranched alkanes of at least 4 members (excludes halogenated alkanes) is 24. The summed E-state index contributed by atoms with van der Waals surface area (Å²) in [5, 5.41) is 0. The first-order valence-electron chi connectivity index (χ1n) is 30.4. The van der Waals surface area contributed by atoms with Crippen molar-refractivity contribution >= 4 is 35.8 Å². The first-order chi connectivity index (χ1) is 41.1. The fourth-order valence-electron chi connectivity index (χ4n) is 8.85. The molecule has 0 radical (unpaired) electrons. The SMILES string of the molecule is C=CC(=O)OCCCCCCCCCCCOc1ccc(C(=O)Oc2ccc(OC(=O)c3ccc(OCCCCCCCCCCCOC(=O)C=C)cc3)c(OC(=O)c3ccc(OCCCCCCCCCCCOC(=O)C=C)cc3)c2)cc1. The smallest absolute Gasteiger partial charge is 0.343 e. The summed E-state index contributed by atoms with van der Waals surface area (Å²) in [6.07, 6.45) is 32.3. The van der Waals surface area contributed by atoms with Gasteiger partial charge in [-0.25, -0.2) is 28.8 Å². The van der Waals surface area contributed by atoms with Crippen LogP contribution in [0.4, 0.5) is 0 Å². The Morgan fingerprint density at radius 2 is 0.512 bits per heavy atom. The van der Waals surface area contributed by atoms with E-state index in [4.69, 9.17) is 42.6 Å². The van der Waals surface area contributed by atoms with Crippen molar-refractivity contribution < 1.29 is 71.4 Å². The third-order valence-corrected chi connectivity index (χ3v) is 13.7. The van der Waals surface area contributed by atoms with Crippen molar-refractivity contribution in [2.75, 3.05) is 39.6 Å². The van der Waals surface area contributed by atoms with Crippen molar-refractivity contribution in [1.29, 1.82) is 0 Å². The van der Waals surface area contributed by atoms with Gasteiger partial charge in [-0.2, -0.15) is 0 Å². The van der Waals surface area contributed by atoms with Crippen LogP contribution in [0.1, 0.15) is 204 Å². The summed E-state index contributed by atoms with van der Waals surface area (Å²) in [6.45, 7) is 13.2. The van der Waals surface area contributed by atoms with Gasteiger partial charge in [-0.3, -0.25) is 0 Å². The molecule has 0 saturated carbocycles. The zero-order valence-electron chi connectivity index (χ0n) is 49.5. The zero-order chi connectivity index (χ0) is 60.1. The first kappa shape index (κ1) is 68.8. The summed E-state index contributed by atoms with van der Waals surface area (Å²) in [5.41, 5.74) is 0.735. The van der Waals surface area contributed by atoms with Crippen LogP contribution in [-0.2, 0) is 28.6 Å². The first-order valence-corrected chi connectivity index (χ1v) is 30.4. The van der Waals surface area contributed by atoms with Crippen molar-refractivity contribution in [2.24, 2.45) is 0 Å². The Bertz CT molecular complexity index is 2550. The van der Waals surface area contributed by atoms with E-state index in [0.29, 0.717) is 56.9 Å². The molecule has 0 unspecified atom stereocenters. The van der Waals surface area contributed by atoms with Crippen molar-refractivity contribution in [3.63, 3.8) is 0 Å². The predicted octanol–water partition coefficient (Wildman–Crippen LogP) is 16.2. The molecule has 15 heteroatoms. The van der Waals surface area contributed by atoms with Crippen LogP contribution in [-0.4, -0.2) is 75.5 Å². The topological polar surface area (TPSA) is 185 Å². The van der Waals surface area contributed by atoms with Gasteiger partial charge in [0.2, 0.25) is 0 Å². The molecule has 4 aromatic rings. The molecule has 15 nitrogen and oxygen atoms in total. The zero-order valence-corrected chi connectivity index (χ0v) is 49.5. The number of carbonyl (C=O) groups excluding carboxylic acids is 6. The van der Waals surface area contributed by atoms with Gasteiger partial charge in [0.05, 0.1) is 56.3 Å². The molecule has 0 heterocycles. The maximum atomic E-state index is 13.7. The second-order valence-electron chi connectivity index (χ2n) is 20.6. The average molecular weight is 1160 g/mol. The summed E-state index contributed by atoms with van der Waals surface area (Å²) < 4.78 is 50.3. The molecule has 0 aromatic heterocycles. The second-order valence-corrected chi connectivity index (χ2v) is 20.6. The van der Waals surface area contributed by atoms with E-state index in [0.717, 1.165) is 161 Å². The number of hydrogen-bond donors (Lipinski definition) is 0. The van der Waals surface area contributed by atoms with E-state index >= 15 is 0 Å². The standard InChI is InChI=1S/C69H90O15/c1-4-64(70)79-51-31-25-19-13-7-10-16-22-28-48-76-58-40-34-55(35-41-58)67(73)82-61-46-47-62(83-68(74)56-36-42-59(43-37-56)77-49-29-23-17-11-8-14-20-26-32-52-80-65(71)5-2)63(54-61)84-69(75)57-38-44-60(45-39-57)78-50-30-24-18-12-9-15-21-27-33-53-81-66(72)6-3/h4-6,34-47,54H,1-3,7-33,48-53H2. The van der Waals surface area contributed by atoms with Crippen LogP contribution in [0.5, 0.6) is 34.5 Å². The van der Waals surface area contributed by atoms with Gasteiger partial charge in [-0.05, 0) is 123 Å². The van der Waals surface area contributed by atoms with Gasteiger partial charge in [0, 0.05) is 24.3 Å². The number of rotatable bonds is 48. The van der Waals surface area contributed by atoms with Crippen molar-refractivity contribution in [1.82, 2.24) is 0 Å². The highest BCUT2D eigenvalue weighted by atomic mass is 16.6. The lowest BCUT2D eigenvalue weighted by Gasteiger charge is -2.13. The molecule has 0 N–H and O–H groups in total. The van der Waals surface area contributed by atoms with E-state index in [9.17, 15) is 28.8 Å². The molecule has 0 bridgehead atoms. The molecule has 0 aliphatic carbocycles. The highest BCUT2D eigenvalue weighted by molar-refractivity contribution is 5.94. The third-order valence-electron chi connectivity index (χ3n) is 13.7. The van der Waals surface area contributed by atoms with Gasteiger partial charge >= 0.3 is 35.8 Å². The highest BCUT2D eigenvalue weighted by Gasteiger charge is 2.20. The summed E-state index contributed by atoms with van der Waals surface area (Å²) in [5.74, 6) is -1.51. The minimum atomic E-state index is -0.734. The number of carbonyl (C=O) groups is 6. The van der Waals surface area contributed by atoms with Gasteiger partial charge < -0.3 is 42.6 Å². The van der Waals surface area contributed by atoms with Gasteiger partial charge in [-0.15, -0.1) is 0 Å². The minimum absolute atomic E-state index is 0.0536. The Hall–Kier alpha value is -7.68. The van der Waals surface area contributed by atoms with E-state index in [1.807, 2.05) is 0 Å². The highest BCUT2D eigenvalue weighted by Crippen LogP contribution is 2.34. The molecular formula is C69H90O15. The van der Waals surface area contributed by atoms with Crippen molar-refractivity contribution in [3.05, 3.63) is 146 Å². The number of ether oxygens (including phenoxy) is 9. The molecule has 0 atom stereocenters. The average Bonchev–Trinajstić information content (AvgIpc) is 3.64. The fraction of sp³-hybridized carbons (Fsp3) is 0.478. The number of benzene rings is 4. The van der Waals surface area contributed by atoms with Gasteiger partial charge in [0.1, 0.15) is 23.0 Å². The van der Waals surface area contributed by atoms with Crippen molar-refractivity contribution in [3.8, 4) is 34.5 Å². The lowest BCUT2D eigenvalue weighted by atomic mass is 10.1. The van der Waals surface area contributed by atoms with E-state index in [2.05, 4.69) is 19.7 Å². The molecule has 0 spiro atoms. The van der Waals surface area contributed by atoms with Crippen LogP contribution in [0.2, 0.25) is 0 Å². The van der Waals surface area contributed by atoms with Crippen LogP contribution >= 0.6 is 0 Å². The summed E-state index contributed by atoms with van der Waals surface area (Å²) in [7, 11) is 0. The van der Waals surface area contributed by atoms with E-state index in [-0.39, 0.29) is 51.8 Å². The van der Waals surface area contributed by atoms with Crippen LogP contribution in [0.25, 0.3) is 0 Å². The minimum Gasteiger partial charge on any atom is -0.494 e. The van der Waals surface area contributed by atoms with Crippen LogP contribution in [0.15, 0.2) is 129 Å². The number of hydrogen-bond acceptors (Lipinski definition) is 15. The summed E-state index contributed by atoms with van der Waals surface area (Å²) in [6, 6.07) is 24.1. The lowest BCUT2D eigenvalue weighted by molar-refractivity contribution is -0.138. The normalized spacial score (nSPS) is 10.7. The molecule has 4 aromatic carbocycles. The van der Waals surface area contributed by atoms with Crippen LogP contribution < -0.4 is 28.4 Å². The van der Waals surface area contributed by atoms with Crippen molar-refractivity contribution in [2.45, 2.75) is 173 Å². The maximum Gasteiger partial charge on any atom is 0.343 e. The molecule has 84 heavy (non-hydrogen) atoms. The number of esters is 6. The monoisotopic (exact) mass is 1160 g/mol. The Morgan fingerprint density at radius 1 is 0.274 bits per heavy atom. The fourth-order valence-corrected chi connectivity index (χ4v) is 8.85. The van der Waals surface area contributed by atoms with E-state index in [1.54, 1.807) is 72.8 Å². The largest absolute Gasteiger partial charge is 0.494 e. The van der Waals surface area contributed by atoms with E-state index in [1.165, 1.54) is 49.3 Å². The molecule has 0 saturated heterocycles. The molecule has 456 valence electrons. The Balaban J connectivity index is 1.24. The van der Waals surface area contributed by atoms with Gasteiger partial charge in [0.25, 0.3) is 0 Å². The molecule has 4 rings (SSSR count). The van der Waals surface area contributed by atoms with Gasteiger partial charge in [-0.1, -0.05) is 155 Å². The summed E-state index contributed by atoms with van der Waals surface area (Å²) in [4.78, 5) is 74.0. The summed E-state index contributed by atoms with van der Waals surface area (Å²) >= 11 is 0. The molecule has 0 amide bonds. The Morgan fingerprint density at radius 3 is 0.798 bits per heavy atom. The van der Waals surface area contributed by atoms with Crippen LogP contribution in [0.3, 0.4) is 0 Å². The van der Waals surface area contributed by atoms with Gasteiger partial charge in [0.15, 0.2) is 11.5 Å². The second kappa shape index (κ2) is 43.9. The molecule has 0 aliphatic heterocycles. The Labute approximate surface area is 498 Å². The molecule has 0 aliphatic rings. The lowest BCUT2D eigenvalue weighted by Crippen LogP contribution is -2.13. The quantitative estimate of drug-likeness (QED) is 0.0134. The molecular weight excluding hydrogens is 1070 g/mol. The molecule has 0 fully saturated rings. The van der Waals surface area contributed by atoms with Crippen LogP contribution in [0, 0.1) is 0 Å². The predicted molar refractivity (Wildman–Crippen MR) is 325 cm³/mol.